The van der Waals surface area contributed by atoms with Crippen LogP contribution >= 0.6 is 0 Å². The van der Waals surface area contributed by atoms with Crippen molar-refractivity contribution in [3.05, 3.63) is 0 Å². The molecule has 25 heavy (non-hydrogen) atoms. The van der Waals surface area contributed by atoms with Crippen molar-refractivity contribution in [3.8, 4) is 0 Å². The van der Waals surface area contributed by atoms with Gasteiger partial charge in [-0.25, -0.2) is 0 Å². The number of carbonyl (C=O) groups excluding carboxylic acids is 1. The zero-order valence-electron chi connectivity index (χ0n) is 17.4. The smallest absolute Gasteiger partial charge is 0.306 e. The second kappa shape index (κ2) is 16.9. The standard InChI is InChI=1S/C22H45NO2/c1-4-5-6-7-8-9-10-11-12-13-14-15-16-17-18-19-21(24)25-22(2,3)20-23/h4-20,23H2,1-3H3. The molecule has 0 bridgehead atoms. The van der Waals surface area contributed by atoms with Crippen LogP contribution in [0.4, 0.5) is 0 Å². The van der Waals surface area contributed by atoms with Crippen LogP contribution in [0.1, 0.15) is 124 Å². The molecule has 0 amide bonds. The molecule has 0 aromatic carbocycles. The second-order valence-corrected chi connectivity index (χ2v) is 8.14. The average Bonchev–Trinajstić information content (AvgIpc) is 2.58. The van der Waals surface area contributed by atoms with E-state index in [0.29, 0.717) is 13.0 Å². The van der Waals surface area contributed by atoms with Crippen molar-refractivity contribution in [2.75, 3.05) is 6.54 Å². The summed E-state index contributed by atoms with van der Waals surface area (Å²) in [5, 5.41) is 0. The van der Waals surface area contributed by atoms with Crippen LogP contribution in [0.25, 0.3) is 0 Å². The zero-order valence-corrected chi connectivity index (χ0v) is 17.4. The maximum atomic E-state index is 11.7. The van der Waals surface area contributed by atoms with Gasteiger partial charge in [-0.3, -0.25) is 4.79 Å². The lowest BCUT2D eigenvalue weighted by Gasteiger charge is -2.22. The predicted molar refractivity (Wildman–Crippen MR) is 109 cm³/mol. The largest absolute Gasteiger partial charge is 0.458 e. The summed E-state index contributed by atoms with van der Waals surface area (Å²) in [6, 6.07) is 0. The van der Waals surface area contributed by atoms with Crippen LogP contribution in [0.2, 0.25) is 0 Å². The molecule has 0 heterocycles. The number of esters is 1. The quantitative estimate of drug-likeness (QED) is 0.225. The molecule has 0 saturated heterocycles. The summed E-state index contributed by atoms with van der Waals surface area (Å²) in [7, 11) is 0. The minimum atomic E-state index is -0.521. The van der Waals surface area contributed by atoms with E-state index in [0.717, 1.165) is 12.8 Å². The molecular weight excluding hydrogens is 310 g/mol. The summed E-state index contributed by atoms with van der Waals surface area (Å²) in [5.41, 5.74) is 5.04. The highest BCUT2D eigenvalue weighted by atomic mass is 16.6. The van der Waals surface area contributed by atoms with Crippen molar-refractivity contribution in [2.24, 2.45) is 5.73 Å². The highest BCUT2D eigenvalue weighted by molar-refractivity contribution is 5.69. The number of ether oxygens (including phenoxy) is 1. The Hall–Kier alpha value is -0.570. The van der Waals surface area contributed by atoms with Gasteiger partial charge in [0, 0.05) is 13.0 Å². The van der Waals surface area contributed by atoms with Crippen molar-refractivity contribution in [1.29, 1.82) is 0 Å². The molecule has 3 nitrogen and oxygen atoms in total. The second-order valence-electron chi connectivity index (χ2n) is 8.14. The minimum Gasteiger partial charge on any atom is -0.458 e. The van der Waals surface area contributed by atoms with Gasteiger partial charge < -0.3 is 10.5 Å². The first-order valence-corrected chi connectivity index (χ1v) is 10.9. The third kappa shape index (κ3) is 18.0. The third-order valence-electron chi connectivity index (χ3n) is 4.87. The summed E-state index contributed by atoms with van der Waals surface area (Å²) >= 11 is 0. The van der Waals surface area contributed by atoms with E-state index < -0.39 is 5.60 Å². The van der Waals surface area contributed by atoms with Gasteiger partial charge in [-0.2, -0.15) is 0 Å². The van der Waals surface area contributed by atoms with Crippen LogP contribution < -0.4 is 5.73 Å². The van der Waals surface area contributed by atoms with E-state index in [-0.39, 0.29) is 5.97 Å². The lowest BCUT2D eigenvalue weighted by atomic mass is 10.0. The van der Waals surface area contributed by atoms with Gasteiger partial charge in [-0.1, -0.05) is 96.8 Å². The molecule has 0 radical (unpaired) electrons. The number of nitrogens with two attached hydrogens (primary N) is 1. The number of hydrogen-bond acceptors (Lipinski definition) is 3. The molecule has 0 atom stereocenters. The fourth-order valence-corrected chi connectivity index (χ4v) is 3.04. The van der Waals surface area contributed by atoms with Crippen molar-refractivity contribution in [3.63, 3.8) is 0 Å². The molecule has 0 saturated carbocycles. The molecule has 0 aromatic rings. The predicted octanol–water partition coefficient (Wildman–Crippen LogP) is 6.53. The molecule has 0 fully saturated rings. The molecule has 0 unspecified atom stereocenters. The fourth-order valence-electron chi connectivity index (χ4n) is 3.04. The molecular formula is C22H45NO2. The Morgan fingerprint density at radius 3 is 1.44 bits per heavy atom. The van der Waals surface area contributed by atoms with Gasteiger partial charge in [0.15, 0.2) is 0 Å². The van der Waals surface area contributed by atoms with Gasteiger partial charge in [0.1, 0.15) is 5.60 Å². The summed E-state index contributed by atoms with van der Waals surface area (Å²) in [4.78, 5) is 11.7. The van der Waals surface area contributed by atoms with E-state index in [1.807, 2.05) is 13.8 Å². The molecule has 0 aromatic heterocycles. The van der Waals surface area contributed by atoms with Gasteiger partial charge in [0.05, 0.1) is 0 Å². The molecule has 0 aliphatic heterocycles. The first-order chi connectivity index (χ1) is 12.0. The molecule has 150 valence electrons. The normalized spacial score (nSPS) is 11.7. The van der Waals surface area contributed by atoms with Gasteiger partial charge in [0.25, 0.3) is 0 Å². The third-order valence-corrected chi connectivity index (χ3v) is 4.87. The Kier molecular flexibility index (Phi) is 16.5. The van der Waals surface area contributed by atoms with E-state index in [1.54, 1.807) is 0 Å². The Balaban J connectivity index is 3.20. The Labute approximate surface area is 157 Å². The lowest BCUT2D eigenvalue weighted by molar-refractivity contribution is -0.155. The molecule has 2 N–H and O–H groups in total. The zero-order chi connectivity index (χ0) is 18.8. The maximum absolute atomic E-state index is 11.7. The summed E-state index contributed by atoms with van der Waals surface area (Å²) in [6.45, 7) is 6.37. The van der Waals surface area contributed by atoms with Crippen LogP contribution in [-0.2, 0) is 9.53 Å². The highest BCUT2D eigenvalue weighted by Gasteiger charge is 2.20. The first-order valence-electron chi connectivity index (χ1n) is 10.9. The van der Waals surface area contributed by atoms with Crippen molar-refractivity contribution < 1.29 is 9.53 Å². The topological polar surface area (TPSA) is 52.3 Å². The fraction of sp³-hybridized carbons (Fsp3) is 0.955. The first kappa shape index (κ1) is 24.4. The van der Waals surface area contributed by atoms with E-state index >= 15 is 0 Å². The monoisotopic (exact) mass is 355 g/mol. The molecule has 3 heteroatoms. The van der Waals surface area contributed by atoms with E-state index in [4.69, 9.17) is 10.5 Å². The van der Waals surface area contributed by atoms with Crippen molar-refractivity contribution in [1.82, 2.24) is 0 Å². The summed E-state index contributed by atoms with van der Waals surface area (Å²) in [5.74, 6) is -0.106. The van der Waals surface area contributed by atoms with Crippen LogP contribution in [-0.4, -0.2) is 18.1 Å². The summed E-state index contributed by atoms with van der Waals surface area (Å²) in [6.07, 6.45) is 20.6. The van der Waals surface area contributed by atoms with Crippen LogP contribution in [0.3, 0.4) is 0 Å². The van der Waals surface area contributed by atoms with Crippen molar-refractivity contribution >= 4 is 5.97 Å². The van der Waals surface area contributed by atoms with E-state index in [2.05, 4.69) is 6.92 Å². The van der Waals surface area contributed by atoms with Crippen LogP contribution in [0, 0.1) is 0 Å². The Morgan fingerprint density at radius 2 is 1.08 bits per heavy atom. The van der Waals surface area contributed by atoms with Crippen LogP contribution in [0.5, 0.6) is 0 Å². The number of unbranched alkanes of at least 4 members (excludes halogenated alkanes) is 14. The molecule has 0 spiro atoms. The van der Waals surface area contributed by atoms with Gasteiger partial charge >= 0.3 is 5.97 Å². The number of rotatable bonds is 18. The van der Waals surface area contributed by atoms with Gasteiger partial charge in [0.2, 0.25) is 0 Å². The number of hydrogen-bond donors (Lipinski definition) is 1. The Morgan fingerprint density at radius 1 is 0.720 bits per heavy atom. The summed E-state index contributed by atoms with van der Waals surface area (Å²) < 4.78 is 5.34. The highest BCUT2D eigenvalue weighted by Crippen LogP contribution is 2.14. The maximum Gasteiger partial charge on any atom is 0.306 e. The minimum absolute atomic E-state index is 0.106. The van der Waals surface area contributed by atoms with Crippen LogP contribution in [0.15, 0.2) is 0 Å². The average molecular weight is 356 g/mol. The van der Waals surface area contributed by atoms with E-state index in [9.17, 15) is 4.79 Å². The number of carbonyl (C=O) groups is 1. The van der Waals surface area contributed by atoms with Crippen molar-refractivity contribution in [2.45, 2.75) is 129 Å². The molecule has 0 aliphatic rings. The molecule has 0 rings (SSSR count). The Bertz CT molecular complexity index is 302. The molecule has 0 aliphatic carbocycles. The SMILES string of the molecule is CCCCCCCCCCCCCCCCCC(=O)OC(C)(C)CN. The van der Waals surface area contributed by atoms with Gasteiger partial charge in [-0.15, -0.1) is 0 Å². The van der Waals surface area contributed by atoms with Gasteiger partial charge in [-0.05, 0) is 20.3 Å². The lowest BCUT2D eigenvalue weighted by Crippen LogP contribution is -2.36. The van der Waals surface area contributed by atoms with E-state index in [1.165, 1.54) is 83.5 Å².